The molecule has 0 spiro atoms. The van der Waals surface area contributed by atoms with E-state index in [1.165, 1.54) is 5.56 Å². The maximum atomic E-state index is 12.6. The van der Waals surface area contributed by atoms with E-state index < -0.39 is 12.2 Å². The Morgan fingerprint density at radius 2 is 0.958 bits per heavy atom. The lowest BCUT2D eigenvalue weighted by atomic mass is 9.76. The van der Waals surface area contributed by atoms with Gasteiger partial charge in [0.2, 0.25) is 0 Å². The van der Waals surface area contributed by atoms with Gasteiger partial charge in [-0.3, -0.25) is 0 Å². The summed E-state index contributed by atoms with van der Waals surface area (Å²) in [5.74, 6) is 1.63. The first-order valence-electron chi connectivity index (χ1n) is 24.8. The molecular weight excluding hydrogens is 885 g/mol. The average Bonchev–Trinajstić information content (AvgIpc) is 3.89. The summed E-state index contributed by atoms with van der Waals surface area (Å²) < 4.78 is 16.8. The number of allylic oxidation sites excluding steroid dienone is 2. The van der Waals surface area contributed by atoms with E-state index in [1.54, 1.807) is 0 Å². The molecule has 72 heavy (non-hydrogen) atoms. The van der Waals surface area contributed by atoms with Crippen LogP contribution in [0.2, 0.25) is 0 Å². The van der Waals surface area contributed by atoms with Crippen LogP contribution in [0, 0.1) is 13.8 Å². The van der Waals surface area contributed by atoms with E-state index in [1.807, 2.05) is 103 Å². The van der Waals surface area contributed by atoms with Crippen molar-refractivity contribution in [3.8, 4) is 50.9 Å². The molecule has 6 heteroatoms. The minimum Gasteiger partial charge on any atom is -0.505 e. The molecule has 10 aromatic rings. The first-order chi connectivity index (χ1) is 35.2. The summed E-state index contributed by atoms with van der Waals surface area (Å²) in [4.78, 5) is 2.29. The number of aromatic hydroxyl groups is 2. The summed E-state index contributed by atoms with van der Waals surface area (Å²) in [5, 5.41) is 27.4. The zero-order chi connectivity index (χ0) is 48.9. The number of nitrogens with zero attached hydrogens (tertiary/aromatic N) is 2. The summed E-state index contributed by atoms with van der Waals surface area (Å²) in [6.45, 7) is 6.43. The lowest BCUT2D eigenvalue weighted by Crippen LogP contribution is -2.39. The van der Waals surface area contributed by atoms with Crippen LogP contribution in [0.25, 0.3) is 49.7 Å². The molecular formula is C66H54N2O4. The third-order valence-corrected chi connectivity index (χ3v) is 14.7. The smallest absolute Gasteiger partial charge is 0.147 e. The third-order valence-electron chi connectivity index (χ3n) is 14.7. The van der Waals surface area contributed by atoms with Crippen LogP contribution in [-0.2, 0) is 5.41 Å². The van der Waals surface area contributed by atoms with Gasteiger partial charge in [-0.2, -0.15) is 0 Å². The highest BCUT2D eigenvalue weighted by Crippen LogP contribution is 2.55. The number of para-hydroxylation sites is 5. The van der Waals surface area contributed by atoms with Gasteiger partial charge in [-0.15, -0.1) is 0 Å². The van der Waals surface area contributed by atoms with Crippen LogP contribution in [0.4, 0.5) is 11.4 Å². The Morgan fingerprint density at radius 1 is 0.486 bits per heavy atom. The molecule has 9 aromatic carbocycles. The molecule has 0 bridgehead atoms. The standard InChI is InChI=1S/C66H54N2O4/c1-43-38-51(64(69)57(40-43)67-54-31-15-10-26-47(54)48-27-11-16-32-55(48)67)49-28-12-18-34-59(49)71-61(45-22-6-4-7-23-45)42-62(46-24-8-5-9-25-46)72-60-35-19-13-29-50(60)52-39-44(2)41-58(65(52)70)68-56-33-17-14-30-53(56)66(3)37-21-20-36-63(66)68/h4-41,61-63,69-70H,42H2,1-3H3/t61-,62-,63?,66?/m0/s1. The molecule has 4 atom stereocenters. The number of benzene rings is 9. The van der Waals surface area contributed by atoms with Crippen LogP contribution < -0.4 is 14.4 Å². The maximum Gasteiger partial charge on any atom is 0.147 e. The van der Waals surface area contributed by atoms with Crippen LogP contribution >= 0.6 is 0 Å². The van der Waals surface area contributed by atoms with Gasteiger partial charge in [-0.05, 0) is 103 Å². The van der Waals surface area contributed by atoms with Crippen LogP contribution in [-0.4, -0.2) is 20.8 Å². The molecule has 0 saturated heterocycles. The monoisotopic (exact) mass is 938 g/mol. The Hall–Kier alpha value is -8.74. The van der Waals surface area contributed by atoms with E-state index in [2.05, 4.69) is 158 Å². The zero-order valence-electron chi connectivity index (χ0n) is 40.5. The van der Waals surface area contributed by atoms with Crippen molar-refractivity contribution in [1.82, 2.24) is 4.57 Å². The van der Waals surface area contributed by atoms with Gasteiger partial charge in [0.05, 0.1) is 28.5 Å². The molecule has 2 aliphatic rings. The second-order valence-corrected chi connectivity index (χ2v) is 19.4. The summed E-state index contributed by atoms with van der Waals surface area (Å²) in [5.41, 5.74) is 12.4. The maximum absolute atomic E-state index is 12.6. The highest BCUT2D eigenvalue weighted by Gasteiger charge is 2.47. The summed E-state index contributed by atoms with van der Waals surface area (Å²) in [6, 6.07) is 70.0. The molecule has 0 fully saturated rings. The Kier molecular flexibility index (Phi) is 11.2. The fourth-order valence-electron chi connectivity index (χ4n) is 11.3. The van der Waals surface area contributed by atoms with Crippen molar-refractivity contribution in [2.75, 3.05) is 4.90 Å². The number of phenols is 2. The summed E-state index contributed by atoms with van der Waals surface area (Å²) in [6.07, 6.45) is 8.19. The molecule has 1 aliphatic carbocycles. The molecule has 2 N–H and O–H groups in total. The number of anilines is 2. The predicted molar refractivity (Wildman–Crippen MR) is 293 cm³/mol. The number of phenolic OH excluding ortho intramolecular Hbond substituents is 2. The van der Waals surface area contributed by atoms with Gasteiger partial charge in [0.15, 0.2) is 0 Å². The Bertz CT molecular complexity index is 3670. The van der Waals surface area contributed by atoms with Crippen molar-refractivity contribution in [2.24, 2.45) is 0 Å². The second kappa shape index (κ2) is 18.2. The normalized spacial score (nSPS) is 16.7. The minimum absolute atomic E-state index is 0.0218. The Balaban J connectivity index is 0.928. The second-order valence-electron chi connectivity index (χ2n) is 19.4. The van der Waals surface area contributed by atoms with Crippen LogP contribution in [0.15, 0.2) is 231 Å². The Morgan fingerprint density at radius 3 is 1.54 bits per heavy atom. The van der Waals surface area contributed by atoms with Gasteiger partial charge < -0.3 is 29.2 Å². The molecule has 12 rings (SSSR count). The van der Waals surface area contributed by atoms with Gasteiger partial charge in [-0.1, -0.05) is 176 Å². The first kappa shape index (κ1) is 44.5. The van der Waals surface area contributed by atoms with E-state index in [4.69, 9.17) is 9.47 Å². The molecule has 0 radical (unpaired) electrons. The number of ether oxygens (including phenoxy) is 2. The van der Waals surface area contributed by atoms with Gasteiger partial charge in [0.1, 0.15) is 35.2 Å². The van der Waals surface area contributed by atoms with Crippen LogP contribution in [0.5, 0.6) is 23.0 Å². The highest BCUT2D eigenvalue weighted by molar-refractivity contribution is 6.09. The molecule has 6 nitrogen and oxygen atoms in total. The first-order valence-corrected chi connectivity index (χ1v) is 24.8. The largest absolute Gasteiger partial charge is 0.505 e. The van der Waals surface area contributed by atoms with Crippen molar-refractivity contribution in [3.63, 3.8) is 0 Å². The fraction of sp³-hybridized carbons (Fsp3) is 0.121. The minimum atomic E-state index is -0.491. The van der Waals surface area contributed by atoms with Crippen LogP contribution in [0.3, 0.4) is 0 Å². The van der Waals surface area contributed by atoms with Crippen molar-refractivity contribution < 1.29 is 19.7 Å². The van der Waals surface area contributed by atoms with Gasteiger partial charge in [0, 0.05) is 50.5 Å². The topological polar surface area (TPSA) is 67.1 Å². The van der Waals surface area contributed by atoms with Crippen molar-refractivity contribution in [1.29, 1.82) is 0 Å². The number of fused-ring (bicyclic) bond motifs is 6. The van der Waals surface area contributed by atoms with Crippen molar-refractivity contribution in [3.05, 3.63) is 258 Å². The van der Waals surface area contributed by atoms with E-state index in [-0.39, 0.29) is 23.0 Å². The molecule has 1 aromatic heterocycles. The fourth-order valence-corrected chi connectivity index (χ4v) is 11.3. The Labute approximate surface area is 420 Å². The molecule has 2 unspecified atom stereocenters. The number of aromatic nitrogens is 1. The molecule has 0 saturated carbocycles. The zero-order valence-corrected chi connectivity index (χ0v) is 40.5. The number of hydrogen-bond donors (Lipinski definition) is 2. The van der Waals surface area contributed by atoms with Gasteiger partial charge in [-0.25, -0.2) is 0 Å². The quantitative estimate of drug-likeness (QED) is 0.128. The van der Waals surface area contributed by atoms with Crippen molar-refractivity contribution >= 4 is 33.2 Å². The lowest BCUT2D eigenvalue weighted by Gasteiger charge is -2.35. The van der Waals surface area contributed by atoms with E-state index >= 15 is 0 Å². The van der Waals surface area contributed by atoms with E-state index in [0.717, 1.165) is 66.6 Å². The van der Waals surface area contributed by atoms with Crippen molar-refractivity contribution in [2.45, 2.75) is 50.9 Å². The SMILES string of the molecule is Cc1cc(-c2ccccc2O[C@@H](C[C@H](Oc2ccccc2-c2cc(C)cc(-n3c4ccccc4c4ccccc43)c2O)c2ccccc2)c2ccccc2)c(O)c(N2c3ccccc3C3(C)C=CC=CC23)c1. The number of hydrogen-bond acceptors (Lipinski definition) is 5. The van der Waals surface area contributed by atoms with Gasteiger partial charge >= 0.3 is 0 Å². The summed E-state index contributed by atoms with van der Waals surface area (Å²) in [7, 11) is 0. The molecule has 2 heterocycles. The van der Waals surface area contributed by atoms with Gasteiger partial charge in [0.25, 0.3) is 0 Å². The molecule has 1 aliphatic heterocycles. The number of rotatable bonds is 12. The predicted octanol–water partition coefficient (Wildman–Crippen LogP) is 16.4. The summed E-state index contributed by atoms with van der Waals surface area (Å²) >= 11 is 0. The average molecular weight is 939 g/mol. The highest BCUT2D eigenvalue weighted by atomic mass is 16.5. The van der Waals surface area contributed by atoms with E-state index in [9.17, 15) is 10.2 Å². The molecule has 352 valence electrons. The third kappa shape index (κ3) is 7.67. The van der Waals surface area contributed by atoms with E-state index in [0.29, 0.717) is 34.7 Å². The molecule has 0 amide bonds. The number of aryl methyl sites for hydroxylation is 2. The lowest BCUT2D eigenvalue weighted by molar-refractivity contribution is 0.111. The van der Waals surface area contributed by atoms with Crippen LogP contribution in [0.1, 0.15) is 53.4 Å².